The molecular formula is C14H29IN4S. The van der Waals surface area contributed by atoms with Gasteiger partial charge in [0.1, 0.15) is 0 Å². The van der Waals surface area contributed by atoms with Crippen LogP contribution in [0.3, 0.4) is 0 Å². The molecular weight excluding hydrogens is 383 g/mol. The van der Waals surface area contributed by atoms with Crippen LogP contribution in [-0.4, -0.2) is 61.1 Å². The Bertz CT molecular complexity index is 295. The van der Waals surface area contributed by atoms with E-state index in [0.717, 1.165) is 30.8 Å². The van der Waals surface area contributed by atoms with Crippen molar-refractivity contribution < 1.29 is 0 Å². The van der Waals surface area contributed by atoms with E-state index in [1.807, 2.05) is 7.05 Å². The fraction of sp³-hybridized carbons (Fsp3) is 0.929. The summed E-state index contributed by atoms with van der Waals surface area (Å²) >= 11 is 2.09. The van der Waals surface area contributed by atoms with Crippen molar-refractivity contribution in [1.82, 2.24) is 15.5 Å². The zero-order valence-electron chi connectivity index (χ0n) is 12.7. The molecule has 2 N–H and O–H groups in total. The van der Waals surface area contributed by atoms with Crippen LogP contribution in [0.15, 0.2) is 4.99 Å². The maximum atomic E-state index is 4.33. The molecule has 0 spiro atoms. The Kier molecular flexibility index (Phi) is 9.28. The smallest absolute Gasteiger partial charge is 0.191 e. The van der Waals surface area contributed by atoms with Crippen LogP contribution in [-0.2, 0) is 0 Å². The maximum Gasteiger partial charge on any atom is 0.191 e. The number of rotatable bonds is 5. The number of hydrogen-bond acceptors (Lipinski definition) is 3. The lowest BCUT2D eigenvalue weighted by atomic mass is 10.2. The molecule has 0 aromatic rings. The molecule has 2 aliphatic rings. The number of hydrogen-bond donors (Lipinski definition) is 2. The Morgan fingerprint density at radius 1 is 1.25 bits per heavy atom. The highest BCUT2D eigenvalue weighted by Gasteiger charge is 2.23. The zero-order chi connectivity index (χ0) is 13.5. The van der Waals surface area contributed by atoms with Crippen molar-refractivity contribution in [3.63, 3.8) is 0 Å². The highest BCUT2D eigenvalue weighted by atomic mass is 127. The van der Waals surface area contributed by atoms with E-state index in [1.54, 1.807) is 0 Å². The molecule has 6 heteroatoms. The van der Waals surface area contributed by atoms with E-state index in [-0.39, 0.29) is 24.0 Å². The van der Waals surface area contributed by atoms with E-state index in [0.29, 0.717) is 6.04 Å². The molecule has 2 aliphatic heterocycles. The molecule has 2 rings (SSSR count). The lowest BCUT2D eigenvalue weighted by Gasteiger charge is -2.24. The van der Waals surface area contributed by atoms with Gasteiger partial charge in [-0.2, -0.15) is 11.8 Å². The second kappa shape index (κ2) is 10.1. The summed E-state index contributed by atoms with van der Waals surface area (Å²) in [5.74, 6) is 2.29. The van der Waals surface area contributed by atoms with Gasteiger partial charge in [-0.15, -0.1) is 24.0 Å². The third kappa shape index (κ3) is 5.60. The minimum atomic E-state index is 0. The Morgan fingerprint density at radius 3 is 2.70 bits per heavy atom. The van der Waals surface area contributed by atoms with E-state index in [2.05, 4.69) is 39.2 Å². The van der Waals surface area contributed by atoms with Crippen LogP contribution >= 0.6 is 35.7 Å². The van der Waals surface area contributed by atoms with Gasteiger partial charge in [0.25, 0.3) is 0 Å². The van der Waals surface area contributed by atoms with Crippen LogP contribution in [0, 0.1) is 0 Å². The molecule has 20 heavy (non-hydrogen) atoms. The third-order valence-corrected chi connectivity index (χ3v) is 5.55. The molecule has 118 valence electrons. The molecule has 2 heterocycles. The van der Waals surface area contributed by atoms with E-state index in [4.69, 9.17) is 0 Å². The van der Waals surface area contributed by atoms with Crippen molar-refractivity contribution in [2.75, 3.05) is 39.0 Å². The summed E-state index contributed by atoms with van der Waals surface area (Å²) in [7, 11) is 1.86. The number of likely N-dealkylation sites (N-methyl/N-ethyl adjacent to an activating group) is 1. The molecule has 2 saturated heterocycles. The van der Waals surface area contributed by atoms with E-state index in [1.165, 1.54) is 38.0 Å². The highest BCUT2D eigenvalue weighted by Crippen LogP contribution is 2.25. The molecule has 0 amide bonds. The molecule has 0 aromatic heterocycles. The Morgan fingerprint density at radius 2 is 2.05 bits per heavy atom. The lowest BCUT2D eigenvalue weighted by Crippen LogP contribution is -2.46. The standard InChI is InChI=1S/C14H28N4S.HI/c1-3-18-8-4-6-12(18)10-16-14(15-2)17-11-13-7-5-9-19-13;/h12-13H,3-11H2,1-2H3,(H2,15,16,17);1H. The lowest BCUT2D eigenvalue weighted by molar-refractivity contribution is 0.267. The van der Waals surface area contributed by atoms with Gasteiger partial charge in [-0.3, -0.25) is 9.89 Å². The van der Waals surface area contributed by atoms with E-state index >= 15 is 0 Å². The largest absolute Gasteiger partial charge is 0.355 e. The molecule has 0 radical (unpaired) electrons. The first-order valence-corrected chi connectivity index (χ1v) is 8.68. The van der Waals surface area contributed by atoms with Gasteiger partial charge in [0, 0.05) is 31.4 Å². The zero-order valence-corrected chi connectivity index (χ0v) is 15.9. The second-order valence-corrected chi connectivity index (χ2v) is 6.80. The first kappa shape index (κ1) is 18.4. The number of likely N-dealkylation sites (tertiary alicyclic amines) is 1. The van der Waals surface area contributed by atoms with Crippen molar-refractivity contribution in [2.24, 2.45) is 4.99 Å². The number of aliphatic imine (C=N–C) groups is 1. The topological polar surface area (TPSA) is 39.7 Å². The monoisotopic (exact) mass is 412 g/mol. The summed E-state index contributed by atoms with van der Waals surface area (Å²) in [5.41, 5.74) is 0. The highest BCUT2D eigenvalue weighted by molar-refractivity contribution is 14.0. The quantitative estimate of drug-likeness (QED) is 0.413. The summed E-state index contributed by atoms with van der Waals surface area (Å²) in [4.78, 5) is 6.89. The summed E-state index contributed by atoms with van der Waals surface area (Å²) in [6.45, 7) is 6.74. The van der Waals surface area contributed by atoms with Crippen LogP contribution in [0.2, 0.25) is 0 Å². The fourth-order valence-electron chi connectivity index (χ4n) is 2.99. The Balaban J connectivity index is 0.00000200. The minimum Gasteiger partial charge on any atom is -0.355 e. The van der Waals surface area contributed by atoms with Crippen LogP contribution in [0.1, 0.15) is 32.6 Å². The SMILES string of the molecule is CCN1CCCC1CNC(=NC)NCC1CCCS1.I. The molecule has 4 nitrogen and oxygen atoms in total. The van der Waals surface area contributed by atoms with Crippen molar-refractivity contribution in [2.45, 2.75) is 43.9 Å². The summed E-state index contributed by atoms with van der Waals surface area (Å²) in [6, 6.07) is 0.685. The second-order valence-electron chi connectivity index (χ2n) is 5.39. The number of nitrogens with one attached hydrogen (secondary N) is 2. The average molecular weight is 412 g/mol. The van der Waals surface area contributed by atoms with Gasteiger partial charge in [-0.25, -0.2) is 0 Å². The molecule has 2 fully saturated rings. The maximum absolute atomic E-state index is 4.33. The van der Waals surface area contributed by atoms with Gasteiger partial charge in [-0.1, -0.05) is 6.92 Å². The van der Waals surface area contributed by atoms with Crippen LogP contribution < -0.4 is 10.6 Å². The predicted octanol–water partition coefficient (Wildman–Crippen LogP) is 2.15. The van der Waals surface area contributed by atoms with Crippen molar-refractivity contribution in [1.29, 1.82) is 0 Å². The summed E-state index contributed by atoms with van der Waals surface area (Å²) < 4.78 is 0. The normalized spacial score (nSPS) is 27.4. The van der Waals surface area contributed by atoms with Gasteiger partial charge in [0.05, 0.1) is 0 Å². The van der Waals surface area contributed by atoms with E-state index < -0.39 is 0 Å². The molecule has 0 saturated carbocycles. The number of guanidine groups is 1. The molecule has 0 bridgehead atoms. The summed E-state index contributed by atoms with van der Waals surface area (Å²) in [5, 5.41) is 7.73. The third-order valence-electron chi connectivity index (χ3n) is 4.16. The predicted molar refractivity (Wildman–Crippen MR) is 101 cm³/mol. The number of halogens is 1. The number of thioether (sulfide) groups is 1. The van der Waals surface area contributed by atoms with Gasteiger partial charge in [0.15, 0.2) is 5.96 Å². The average Bonchev–Trinajstić information content (AvgIpc) is 3.09. The van der Waals surface area contributed by atoms with E-state index in [9.17, 15) is 0 Å². The molecule has 0 aromatic carbocycles. The minimum absolute atomic E-state index is 0. The molecule has 0 aliphatic carbocycles. The van der Waals surface area contributed by atoms with Crippen LogP contribution in [0.4, 0.5) is 0 Å². The van der Waals surface area contributed by atoms with Gasteiger partial charge < -0.3 is 10.6 Å². The van der Waals surface area contributed by atoms with Gasteiger partial charge in [-0.05, 0) is 44.5 Å². The van der Waals surface area contributed by atoms with Crippen molar-refractivity contribution in [3.8, 4) is 0 Å². The van der Waals surface area contributed by atoms with Crippen molar-refractivity contribution in [3.05, 3.63) is 0 Å². The molecule has 2 atom stereocenters. The Labute approximate surface area is 144 Å². The Hall–Kier alpha value is 0.310. The van der Waals surface area contributed by atoms with Gasteiger partial charge in [0.2, 0.25) is 0 Å². The van der Waals surface area contributed by atoms with Crippen LogP contribution in [0.5, 0.6) is 0 Å². The van der Waals surface area contributed by atoms with Crippen LogP contribution in [0.25, 0.3) is 0 Å². The summed E-state index contributed by atoms with van der Waals surface area (Å²) in [6.07, 6.45) is 5.37. The van der Waals surface area contributed by atoms with Crippen molar-refractivity contribution >= 4 is 41.7 Å². The fourth-order valence-corrected chi connectivity index (χ4v) is 4.19. The number of nitrogens with zero attached hydrogens (tertiary/aromatic N) is 2. The first-order valence-electron chi connectivity index (χ1n) is 7.63. The first-order chi connectivity index (χ1) is 9.33. The van der Waals surface area contributed by atoms with Gasteiger partial charge >= 0.3 is 0 Å². The molecule has 2 unspecified atom stereocenters.